The lowest BCUT2D eigenvalue weighted by molar-refractivity contribution is -0.764. The topological polar surface area (TPSA) is 52.8 Å². The number of hydrogen-bond acceptors (Lipinski definition) is 3. The van der Waals surface area contributed by atoms with Gasteiger partial charge >= 0.3 is 12.5 Å². The summed E-state index contributed by atoms with van der Waals surface area (Å²) in [6, 6.07) is 4.65. The van der Waals surface area contributed by atoms with Gasteiger partial charge < -0.3 is 5.11 Å². The molecular weight excluding hydrogens is 327 g/mol. The summed E-state index contributed by atoms with van der Waals surface area (Å²) in [4.78, 5) is 3.90. The molecule has 1 atom stereocenters. The first-order chi connectivity index (χ1) is 10.6. The van der Waals surface area contributed by atoms with Crippen molar-refractivity contribution in [2.75, 3.05) is 6.26 Å². The van der Waals surface area contributed by atoms with Gasteiger partial charge in [-0.3, -0.25) is 0 Å². The second kappa shape index (κ2) is 6.16. The highest BCUT2D eigenvalue weighted by Crippen LogP contribution is 2.42. The van der Waals surface area contributed by atoms with Crippen molar-refractivity contribution in [1.82, 2.24) is 10.1 Å². The molecular formula is C15H19F3N3OS+. The van der Waals surface area contributed by atoms with E-state index in [4.69, 9.17) is 0 Å². The van der Waals surface area contributed by atoms with Gasteiger partial charge in [0.15, 0.2) is 0 Å². The number of rotatable bonds is 5. The fraction of sp³-hybridized carbons (Fsp3) is 0.467. The molecule has 0 spiro atoms. The Balaban J connectivity index is 2.45. The third kappa shape index (κ3) is 3.53. The summed E-state index contributed by atoms with van der Waals surface area (Å²) in [5.41, 5.74) is -1.69. The summed E-state index contributed by atoms with van der Waals surface area (Å²) in [7, 11) is 0. The van der Waals surface area contributed by atoms with E-state index in [-0.39, 0.29) is 6.54 Å². The summed E-state index contributed by atoms with van der Waals surface area (Å²) in [6.07, 6.45) is 0.446. The summed E-state index contributed by atoms with van der Waals surface area (Å²) in [5.74, 6) is 0. The quantitative estimate of drug-likeness (QED) is 0.819. The number of aromatic nitrogens is 3. The molecule has 0 amide bonds. The highest BCUT2D eigenvalue weighted by molar-refractivity contribution is 8.00. The number of alkyl halides is 3. The third-order valence-electron chi connectivity index (χ3n) is 4.10. The molecule has 1 aromatic heterocycles. The second-order valence-electron chi connectivity index (χ2n) is 5.80. The van der Waals surface area contributed by atoms with Gasteiger partial charge in [0, 0.05) is 4.75 Å². The van der Waals surface area contributed by atoms with Gasteiger partial charge in [0.1, 0.15) is 12.1 Å². The second-order valence-corrected chi connectivity index (χ2v) is 7.23. The Morgan fingerprint density at radius 3 is 2.17 bits per heavy atom. The van der Waals surface area contributed by atoms with Gasteiger partial charge in [-0.2, -0.15) is 34.7 Å². The monoisotopic (exact) mass is 346 g/mol. The van der Waals surface area contributed by atoms with Crippen LogP contribution in [0.25, 0.3) is 0 Å². The van der Waals surface area contributed by atoms with Gasteiger partial charge in [0.25, 0.3) is 0 Å². The maximum Gasteiger partial charge on any atom is 0.416 e. The molecule has 126 valence electrons. The first-order valence-corrected chi connectivity index (χ1v) is 8.16. The van der Waals surface area contributed by atoms with Crippen LogP contribution in [0.15, 0.2) is 36.9 Å². The summed E-state index contributed by atoms with van der Waals surface area (Å²) in [5, 5.41) is 14.2. The van der Waals surface area contributed by atoms with Gasteiger partial charge in [-0.25, -0.2) is 0 Å². The lowest BCUT2D eigenvalue weighted by Crippen LogP contribution is -2.56. The number of nitrogens with one attached hydrogen (secondary N) is 1. The van der Waals surface area contributed by atoms with Crippen molar-refractivity contribution in [3.8, 4) is 0 Å². The summed E-state index contributed by atoms with van der Waals surface area (Å²) < 4.78 is 39.2. The Morgan fingerprint density at radius 2 is 1.74 bits per heavy atom. The fourth-order valence-corrected chi connectivity index (χ4v) is 2.84. The zero-order valence-corrected chi connectivity index (χ0v) is 13.9. The SMILES string of the molecule is CSC(C)(C)C(O)(C[n+]1cnc[nH]1)c1ccc(C(F)(F)F)cc1. The van der Waals surface area contributed by atoms with Crippen LogP contribution in [0.1, 0.15) is 25.0 Å². The average molecular weight is 346 g/mol. The number of benzene rings is 1. The molecule has 2 rings (SSSR count). The van der Waals surface area contributed by atoms with Crippen molar-refractivity contribution >= 4 is 11.8 Å². The molecule has 0 bridgehead atoms. The number of aromatic amines is 1. The van der Waals surface area contributed by atoms with E-state index in [1.54, 1.807) is 4.68 Å². The molecule has 0 aliphatic carbocycles. The minimum atomic E-state index is -4.40. The van der Waals surface area contributed by atoms with Crippen molar-refractivity contribution in [3.05, 3.63) is 48.0 Å². The van der Waals surface area contributed by atoms with E-state index >= 15 is 0 Å². The van der Waals surface area contributed by atoms with Gasteiger partial charge in [-0.05, 0) is 42.8 Å². The van der Waals surface area contributed by atoms with Crippen molar-refractivity contribution in [3.63, 3.8) is 0 Å². The highest BCUT2D eigenvalue weighted by atomic mass is 32.2. The number of halogens is 3. The predicted molar refractivity (Wildman–Crippen MR) is 81.7 cm³/mol. The first-order valence-electron chi connectivity index (χ1n) is 6.93. The van der Waals surface area contributed by atoms with E-state index in [1.165, 1.54) is 36.5 Å². The standard InChI is InChI=1S/C15H18F3N3OS/c1-13(2,23-3)14(22,8-21-10-19-9-20-21)11-4-6-12(7-5-11)15(16,17)18/h4-7,9-10,22H,8H2,1-3H3/p+1. The molecule has 2 N–H and O–H groups in total. The van der Waals surface area contributed by atoms with Crippen molar-refractivity contribution in [2.24, 2.45) is 0 Å². The van der Waals surface area contributed by atoms with E-state index in [1.807, 2.05) is 20.1 Å². The van der Waals surface area contributed by atoms with E-state index in [2.05, 4.69) is 10.1 Å². The van der Waals surface area contributed by atoms with E-state index in [9.17, 15) is 18.3 Å². The normalized spacial score (nSPS) is 15.4. The lowest BCUT2D eigenvalue weighted by atomic mass is 9.82. The molecule has 2 aromatic rings. The average Bonchev–Trinajstić information content (AvgIpc) is 2.99. The first kappa shape index (κ1) is 17.8. The number of H-pyrrole nitrogens is 1. The smallest absolute Gasteiger partial charge is 0.379 e. The molecule has 0 saturated heterocycles. The van der Waals surface area contributed by atoms with Crippen LogP contribution in [0, 0.1) is 0 Å². The molecule has 0 fully saturated rings. The van der Waals surface area contributed by atoms with Crippen LogP contribution in [0.4, 0.5) is 13.2 Å². The van der Waals surface area contributed by atoms with Gasteiger partial charge in [-0.15, -0.1) is 0 Å². The lowest BCUT2D eigenvalue weighted by Gasteiger charge is -2.40. The third-order valence-corrected chi connectivity index (χ3v) is 5.46. The Labute approximate surface area is 136 Å². The van der Waals surface area contributed by atoms with E-state index in [0.29, 0.717) is 5.56 Å². The van der Waals surface area contributed by atoms with Gasteiger partial charge in [0.05, 0.1) is 5.56 Å². The molecule has 1 heterocycles. The number of nitrogens with zero attached hydrogens (tertiary/aromatic N) is 2. The van der Waals surface area contributed by atoms with Crippen LogP contribution in [-0.4, -0.2) is 26.2 Å². The summed E-state index contributed by atoms with van der Waals surface area (Å²) in [6.45, 7) is 3.85. The van der Waals surface area contributed by atoms with Crippen LogP contribution in [0.2, 0.25) is 0 Å². The Hall–Kier alpha value is -1.54. The van der Waals surface area contributed by atoms with E-state index in [0.717, 1.165) is 12.1 Å². The Morgan fingerprint density at radius 1 is 1.17 bits per heavy atom. The molecule has 4 nitrogen and oxygen atoms in total. The largest absolute Gasteiger partial charge is 0.416 e. The van der Waals surface area contributed by atoms with Crippen LogP contribution < -0.4 is 4.68 Å². The molecule has 0 aliphatic heterocycles. The number of aliphatic hydroxyl groups is 1. The fourth-order valence-electron chi connectivity index (χ4n) is 2.32. The minimum absolute atomic E-state index is 0.145. The highest BCUT2D eigenvalue weighted by Gasteiger charge is 2.47. The zero-order valence-electron chi connectivity index (χ0n) is 13.1. The van der Waals surface area contributed by atoms with Crippen LogP contribution >= 0.6 is 11.8 Å². The molecule has 0 radical (unpaired) electrons. The molecule has 0 aliphatic rings. The van der Waals surface area contributed by atoms with Gasteiger partial charge in [0.2, 0.25) is 6.33 Å². The Kier molecular flexibility index (Phi) is 4.77. The number of hydrogen-bond donors (Lipinski definition) is 2. The van der Waals surface area contributed by atoms with Gasteiger partial charge in [-0.1, -0.05) is 12.1 Å². The maximum atomic E-state index is 12.7. The Bertz CT molecular complexity index is 641. The minimum Gasteiger partial charge on any atom is -0.379 e. The van der Waals surface area contributed by atoms with Crippen molar-refractivity contribution in [1.29, 1.82) is 0 Å². The van der Waals surface area contributed by atoms with Crippen molar-refractivity contribution < 1.29 is 23.0 Å². The molecule has 1 unspecified atom stereocenters. The van der Waals surface area contributed by atoms with Crippen molar-refractivity contribution in [2.45, 2.75) is 36.9 Å². The van der Waals surface area contributed by atoms with Crippen LogP contribution in [-0.2, 0) is 18.3 Å². The predicted octanol–water partition coefficient (Wildman–Crippen LogP) is 2.75. The summed E-state index contributed by atoms with van der Waals surface area (Å²) >= 11 is 1.44. The zero-order chi connectivity index (χ0) is 17.3. The van der Waals surface area contributed by atoms with E-state index < -0.39 is 22.1 Å². The van der Waals surface area contributed by atoms with Crippen LogP contribution in [0.5, 0.6) is 0 Å². The molecule has 1 aromatic carbocycles. The molecule has 8 heteroatoms. The maximum absolute atomic E-state index is 12.7. The number of thioether (sulfide) groups is 1. The molecule has 0 saturated carbocycles. The molecule has 23 heavy (non-hydrogen) atoms. The van der Waals surface area contributed by atoms with Crippen LogP contribution in [0.3, 0.4) is 0 Å².